The van der Waals surface area contributed by atoms with Gasteiger partial charge in [-0.25, -0.2) is 14.9 Å². The zero-order chi connectivity index (χ0) is 22.1. The Morgan fingerprint density at radius 1 is 1.17 bits per heavy atom. The van der Waals surface area contributed by atoms with E-state index in [0.29, 0.717) is 11.3 Å². The van der Waals surface area contributed by atoms with Crippen LogP contribution in [0.25, 0.3) is 11.4 Å². The molecule has 3 N–H and O–H groups in total. The number of nitrogens with two attached hydrogens (primary N) is 1. The van der Waals surface area contributed by atoms with Crippen molar-refractivity contribution in [1.29, 1.82) is 0 Å². The highest BCUT2D eigenvalue weighted by Crippen LogP contribution is 2.25. The van der Waals surface area contributed by atoms with E-state index in [9.17, 15) is 19.5 Å². The van der Waals surface area contributed by atoms with Crippen LogP contribution in [0.4, 0.5) is 5.69 Å². The van der Waals surface area contributed by atoms with E-state index in [-0.39, 0.29) is 11.4 Å². The van der Waals surface area contributed by atoms with Gasteiger partial charge in [0.2, 0.25) is 11.8 Å². The van der Waals surface area contributed by atoms with Gasteiger partial charge in [0.05, 0.1) is 11.2 Å². The standard InChI is InChI=1S/C20H20N6O4/c1-12(27)26(19(30)20(2,3)21)14-6-4-13(5-7-14)16-23-10-15(17(28)24-16)18(29)25-9-8-22-11-25/h4-11H,21H2,1-3H3,(H,23,24,28). The molecule has 30 heavy (non-hydrogen) atoms. The first-order chi connectivity index (χ1) is 14.1. The second-order valence-corrected chi connectivity index (χ2v) is 7.13. The highest BCUT2D eigenvalue weighted by Gasteiger charge is 2.31. The van der Waals surface area contributed by atoms with Crippen molar-refractivity contribution in [2.75, 3.05) is 4.90 Å². The van der Waals surface area contributed by atoms with Gasteiger partial charge in [-0.15, -0.1) is 0 Å². The summed E-state index contributed by atoms with van der Waals surface area (Å²) in [5.41, 5.74) is 5.39. The summed E-state index contributed by atoms with van der Waals surface area (Å²) in [6.45, 7) is 4.31. The minimum absolute atomic E-state index is 0.0769. The fourth-order valence-electron chi connectivity index (χ4n) is 2.67. The number of aromatic hydroxyl groups is 1. The number of hydrogen-bond donors (Lipinski definition) is 2. The lowest BCUT2D eigenvalue weighted by Gasteiger charge is -2.27. The van der Waals surface area contributed by atoms with E-state index >= 15 is 0 Å². The van der Waals surface area contributed by atoms with Gasteiger partial charge in [-0.05, 0) is 38.1 Å². The van der Waals surface area contributed by atoms with Crippen LogP contribution in [0.5, 0.6) is 5.88 Å². The van der Waals surface area contributed by atoms with Gasteiger partial charge in [-0.1, -0.05) is 0 Å². The fourth-order valence-corrected chi connectivity index (χ4v) is 2.67. The molecule has 3 rings (SSSR count). The molecule has 0 radical (unpaired) electrons. The molecule has 10 nitrogen and oxygen atoms in total. The van der Waals surface area contributed by atoms with Crippen LogP contribution < -0.4 is 10.6 Å². The number of benzene rings is 1. The molecule has 0 saturated carbocycles. The van der Waals surface area contributed by atoms with Gasteiger partial charge in [0, 0.05) is 31.1 Å². The Morgan fingerprint density at radius 2 is 1.83 bits per heavy atom. The van der Waals surface area contributed by atoms with Crippen molar-refractivity contribution in [2.24, 2.45) is 5.73 Å². The Kier molecular flexibility index (Phi) is 5.43. The number of rotatable bonds is 4. The molecule has 10 heteroatoms. The minimum atomic E-state index is -1.23. The molecule has 0 spiro atoms. The third kappa shape index (κ3) is 4.08. The molecule has 1 aromatic carbocycles. The van der Waals surface area contributed by atoms with E-state index in [1.807, 2.05) is 0 Å². The van der Waals surface area contributed by atoms with Crippen molar-refractivity contribution in [3.63, 3.8) is 0 Å². The molecule has 2 aromatic heterocycles. The van der Waals surface area contributed by atoms with Gasteiger partial charge >= 0.3 is 0 Å². The maximum atomic E-state index is 12.5. The van der Waals surface area contributed by atoms with E-state index in [1.54, 1.807) is 24.3 Å². The predicted octanol–water partition coefficient (Wildman–Crippen LogP) is 1.35. The molecule has 0 aliphatic rings. The number of imide groups is 1. The Balaban J connectivity index is 1.89. The monoisotopic (exact) mass is 408 g/mol. The third-order valence-corrected chi connectivity index (χ3v) is 4.19. The largest absolute Gasteiger partial charge is 0.493 e. The first-order valence-corrected chi connectivity index (χ1v) is 8.92. The normalized spacial score (nSPS) is 11.2. The Morgan fingerprint density at radius 3 is 2.33 bits per heavy atom. The average molecular weight is 408 g/mol. The highest BCUT2D eigenvalue weighted by molar-refractivity contribution is 6.17. The molecule has 154 valence electrons. The van der Waals surface area contributed by atoms with Gasteiger partial charge in [0.25, 0.3) is 11.8 Å². The Bertz CT molecular complexity index is 1100. The number of amides is 2. The lowest BCUT2D eigenvalue weighted by Crippen LogP contribution is -2.53. The van der Waals surface area contributed by atoms with Gasteiger partial charge in [0.15, 0.2) is 5.82 Å². The highest BCUT2D eigenvalue weighted by atomic mass is 16.3. The molecule has 0 bridgehead atoms. The molecule has 0 aliphatic heterocycles. The van der Waals surface area contributed by atoms with Crippen LogP contribution in [0.1, 0.15) is 31.1 Å². The van der Waals surface area contributed by atoms with Crippen LogP contribution in [0.2, 0.25) is 0 Å². The molecule has 0 atom stereocenters. The number of imidazole rings is 1. The zero-order valence-electron chi connectivity index (χ0n) is 16.6. The van der Waals surface area contributed by atoms with Crippen LogP contribution in [0.15, 0.2) is 49.2 Å². The van der Waals surface area contributed by atoms with E-state index in [0.717, 1.165) is 4.90 Å². The first kappa shape index (κ1) is 20.8. The van der Waals surface area contributed by atoms with Gasteiger partial charge in [-0.3, -0.25) is 19.0 Å². The molecule has 0 saturated heterocycles. The van der Waals surface area contributed by atoms with E-state index < -0.39 is 29.1 Å². The van der Waals surface area contributed by atoms with Crippen LogP contribution in [-0.4, -0.2) is 47.9 Å². The van der Waals surface area contributed by atoms with Crippen molar-refractivity contribution < 1.29 is 19.5 Å². The summed E-state index contributed by atoms with van der Waals surface area (Å²) in [5, 5.41) is 10.2. The van der Waals surface area contributed by atoms with E-state index in [1.165, 1.54) is 50.3 Å². The molecule has 0 fully saturated rings. The van der Waals surface area contributed by atoms with Crippen LogP contribution in [-0.2, 0) is 9.59 Å². The van der Waals surface area contributed by atoms with Crippen molar-refractivity contribution in [2.45, 2.75) is 26.3 Å². The number of nitrogens with zero attached hydrogens (tertiary/aromatic N) is 5. The quantitative estimate of drug-likeness (QED) is 0.658. The molecule has 3 aromatic rings. The van der Waals surface area contributed by atoms with E-state index in [2.05, 4.69) is 15.0 Å². The van der Waals surface area contributed by atoms with Crippen LogP contribution >= 0.6 is 0 Å². The van der Waals surface area contributed by atoms with E-state index in [4.69, 9.17) is 5.73 Å². The maximum absolute atomic E-state index is 12.5. The average Bonchev–Trinajstić information content (AvgIpc) is 3.22. The molecule has 2 heterocycles. The summed E-state index contributed by atoms with van der Waals surface area (Å²) < 4.78 is 1.19. The maximum Gasteiger partial charge on any atom is 0.270 e. The molecule has 2 amide bonds. The second-order valence-electron chi connectivity index (χ2n) is 7.13. The number of carbonyl (C=O) groups excluding carboxylic acids is 3. The lowest BCUT2D eigenvalue weighted by molar-refractivity contribution is -0.128. The second kappa shape index (κ2) is 7.84. The summed E-state index contributed by atoms with van der Waals surface area (Å²) in [6, 6.07) is 6.28. The summed E-state index contributed by atoms with van der Waals surface area (Å²) in [7, 11) is 0. The minimum Gasteiger partial charge on any atom is -0.493 e. The van der Waals surface area contributed by atoms with Crippen LogP contribution in [0.3, 0.4) is 0 Å². The number of aromatic nitrogens is 4. The summed E-state index contributed by atoms with van der Waals surface area (Å²) in [6.07, 6.45) is 5.40. The third-order valence-electron chi connectivity index (χ3n) is 4.19. The first-order valence-electron chi connectivity index (χ1n) is 8.92. The summed E-state index contributed by atoms with van der Waals surface area (Å²) in [4.78, 5) is 49.7. The number of hydrogen-bond acceptors (Lipinski definition) is 8. The van der Waals surface area contributed by atoms with Crippen molar-refractivity contribution in [1.82, 2.24) is 19.5 Å². The summed E-state index contributed by atoms with van der Waals surface area (Å²) in [5.74, 6) is -1.84. The smallest absolute Gasteiger partial charge is 0.270 e. The molecular formula is C20H20N6O4. The van der Waals surface area contributed by atoms with Gasteiger partial charge < -0.3 is 10.8 Å². The van der Waals surface area contributed by atoms with Gasteiger partial charge in [0.1, 0.15) is 11.9 Å². The van der Waals surface area contributed by atoms with Gasteiger partial charge in [-0.2, -0.15) is 4.98 Å². The molecule has 0 unspecified atom stereocenters. The Labute approximate surface area is 172 Å². The zero-order valence-corrected chi connectivity index (χ0v) is 16.6. The van der Waals surface area contributed by atoms with Crippen molar-refractivity contribution in [3.8, 4) is 17.3 Å². The Hall–Kier alpha value is -3.92. The van der Waals surface area contributed by atoms with Crippen molar-refractivity contribution in [3.05, 3.63) is 54.7 Å². The number of carbonyl (C=O) groups is 3. The van der Waals surface area contributed by atoms with Crippen molar-refractivity contribution >= 4 is 23.4 Å². The number of anilines is 1. The summed E-state index contributed by atoms with van der Waals surface area (Å²) >= 11 is 0. The topological polar surface area (TPSA) is 144 Å². The lowest BCUT2D eigenvalue weighted by atomic mass is 10.0. The SMILES string of the molecule is CC(=O)N(C(=O)C(C)(C)N)c1ccc(-c2ncc(C(=O)n3ccnc3)c(O)n2)cc1. The fraction of sp³-hybridized carbons (Fsp3) is 0.200. The predicted molar refractivity (Wildman–Crippen MR) is 108 cm³/mol. The molecular weight excluding hydrogens is 388 g/mol. The van der Waals surface area contributed by atoms with Crippen LogP contribution in [0, 0.1) is 0 Å². The molecule has 0 aliphatic carbocycles.